The molecule has 1 N–H and O–H groups in total. The fourth-order valence-electron chi connectivity index (χ4n) is 2.65. The average Bonchev–Trinajstić information content (AvgIpc) is 2.92. The first-order chi connectivity index (χ1) is 9.14. The van der Waals surface area contributed by atoms with Gasteiger partial charge in [0, 0.05) is 17.9 Å². The van der Waals surface area contributed by atoms with E-state index < -0.39 is 11.4 Å². The smallest absolute Gasteiger partial charge is 0.315 e. The maximum Gasteiger partial charge on any atom is 0.315 e. The standard InChI is InChI=1S/C14H21NO3S/c1-3-14(4-2,13(16)17)11-9-19-12(15-11)10-6-5-7-18-8-10/h9-10H,3-8H2,1-2H3,(H,16,17). The fourth-order valence-corrected chi connectivity index (χ4v) is 3.69. The second kappa shape index (κ2) is 6.01. The van der Waals surface area contributed by atoms with Gasteiger partial charge in [0.05, 0.1) is 17.3 Å². The van der Waals surface area contributed by atoms with Crippen LogP contribution in [0.2, 0.25) is 0 Å². The van der Waals surface area contributed by atoms with Crippen molar-refractivity contribution < 1.29 is 14.6 Å². The van der Waals surface area contributed by atoms with E-state index in [2.05, 4.69) is 4.98 Å². The minimum Gasteiger partial charge on any atom is -0.481 e. The summed E-state index contributed by atoms with van der Waals surface area (Å²) in [6, 6.07) is 0. The molecule has 1 unspecified atom stereocenters. The maximum absolute atomic E-state index is 11.6. The van der Waals surface area contributed by atoms with E-state index >= 15 is 0 Å². The lowest BCUT2D eigenvalue weighted by molar-refractivity contribution is -0.144. The predicted molar refractivity (Wildman–Crippen MR) is 74.8 cm³/mol. The molecular weight excluding hydrogens is 262 g/mol. The summed E-state index contributed by atoms with van der Waals surface area (Å²) in [6.07, 6.45) is 3.29. The third-order valence-corrected chi connectivity index (χ3v) is 5.15. The molecule has 0 aromatic carbocycles. The molecular formula is C14H21NO3S. The fraction of sp³-hybridized carbons (Fsp3) is 0.714. The molecule has 19 heavy (non-hydrogen) atoms. The van der Waals surface area contributed by atoms with E-state index in [0.717, 1.165) is 30.2 Å². The number of carboxylic acids is 1. The zero-order chi connectivity index (χ0) is 13.9. The van der Waals surface area contributed by atoms with Gasteiger partial charge in [-0.05, 0) is 25.7 Å². The molecule has 1 saturated heterocycles. The summed E-state index contributed by atoms with van der Waals surface area (Å²) in [7, 11) is 0. The van der Waals surface area contributed by atoms with E-state index in [1.807, 2.05) is 19.2 Å². The van der Waals surface area contributed by atoms with E-state index in [1.54, 1.807) is 11.3 Å². The molecule has 0 spiro atoms. The minimum absolute atomic E-state index is 0.340. The summed E-state index contributed by atoms with van der Waals surface area (Å²) >= 11 is 1.58. The van der Waals surface area contributed by atoms with Gasteiger partial charge in [-0.15, -0.1) is 11.3 Å². The van der Waals surface area contributed by atoms with Crippen LogP contribution in [0.1, 0.15) is 56.2 Å². The highest BCUT2D eigenvalue weighted by Crippen LogP contribution is 2.36. The number of carboxylic acid groups (broad SMARTS) is 1. The monoisotopic (exact) mass is 283 g/mol. The van der Waals surface area contributed by atoms with Crippen molar-refractivity contribution in [2.24, 2.45) is 0 Å². The first-order valence-electron chi connectivity index (χ1n) is 6.91. The lowest BCUT2D eigenvalue weighted by Crippen LogP contribution is -2.35. The molecule has 1 aromatic heterocycles. The van der Waals surface area contributed by atoms with Gasteiger partial charge in [-0.25, -0.2) is 4.98 Å². The molecule has 2 heterocycles. The van der Waals surface area contributed by atoms with E-state index in [9.17, 15) is 9.90 Å². The summed E-state index contributed by atoms with van der Waals surface area (Å²) in [5.41, 5.74) is -0.111. The van der Waals surface area contributed by atoms with Crippen LogP contribution in [0.25, 0.3) is 0 Å². The Morgan fingerprint density at radius 1 is 1.58 bits per heavy atom. The van der Waals surface area contributed by atoms with Crippen LogP contribution >= 0.6 is 11.3 Å². The Bertz CT molecular complexity index is 434. The Morgan fingerprint density at radius 3 is 2.84 bits per heavy atom. The molecule has 1 aliphatic rings. The van der Waals surface area contributed by atoms with Gasteiger partial charge >= 0.3 is 5.97 Å². The highest BCUT2D eigenvalue weighted by Gasteiger charge is 2.39. The summed E-state index contributed by atoms with van der Waals surface area (Å²) in [5, 5.41) is 12.5. The number of ether oxygens (including phenoxy) is 1. The molecule has 0 radical (unpaired) electrons. The highest BCUT2D eigenvalue weighted by molar-refractivity contribution is 7.09. The van der Waals surface area contributed by atoms with Crippen LogP contribution in [0.5, 0.6) is 0 Å². The summed E-state index contributed by atoms with van der Waals surface area (Å²) in [5.74, 6) is -0.429. The Labute approximate surface area is 117 Å². The normalized spacial score (nSPS) is 20.4. The zero-order valence-electron chi connectivity index (χ0n) is 11.5. The van der Waals surface area contributed by atoms with Crippen LogP contribution < -0.4 is 0 Å². The van der Waals surface area contributed by atoms with E-state index in [-0.39, 0.29) is 0 Å². The van der Waals surface area contributed by atoms with Crippen LogP contribution in [0, 0.1) is 0 Å². The van der Waals surface area contributed by atoms with Crippen LogP contribution in [-0.2, 0) is 14.9 Å². The van der Waals surface area contributed by atoms with Gasteiger partial charge in [-0.1, -0.05) is 13.8 Å². The first-order valence-corrected chi connectivity index (χ1v) is 7.79. The lowest BCUT2D eigenvalue weighted by atomic mass is 9.80. The zero-order valence-corrected chi connectivity index (χ0v) is 12.3. The third kappa shape index (κ3) is 2.67. The van der Waals surface area contributed by atoms with Gasteiger partial charge in [0.15, 0.2) is 0 Å². The number of aliphatic carboxylic acids is 1. The van der Waals surface area contributed by atoms with Crippen molar-refractivity contribution in [1.82, 2.24) is 4.98 Å². The maximum atomic E-state index is 11.6. The molecule has 0 bridgehead atoms. The molecule has 2 rings (SSSR count). The SMILES string of the molecule is CCC(CC)(C(=O)O)c1csc(C2CCCOC2)n1. The molecule has 0 saturated carbocycles. The number of aromatic nitrogens is 1. The van der Waals surface area contributed by atoms with Crippen molar-refractivity contribution in [2.45, 2.75) is 50.9 Å². The van der Waals surface area contributed by atoms with E-state index in [0.29, 0.717) is 25.4 Å². The molecule has 106 valence electrons. The van der Waals surface area contributed by atoms with Gasteiger partial charge in [-0.3, -0.25) is 4.79 Å². The van der Waals surface area contributed by atoms with Crippen LogP contribution in [0.15, 0.2) is 5.38 Å². The van der Waals surface area contributed by atoms with Gasteiger partial charge in [0.2, 0.25) is 0 Å². The van der Waals surface area contributed by atoms with Crippen molar-refractivity contribution in [1.29, 1.82) is 0 Å². The Kier molecular flexibility index (Phi) is 4.58. The summed E-state index contributed by atoms with van der Waals surface area (Å²) in [6.45, 7) is 5.38. The number of hydrogen-bond donors (Lipinski definition) is 1. The van der Waals surface area contributed by atoms with Crippen LogP contribution in [0.3, 0.4) is 0 Å². The Hall–Kier alpha value is -0.940. The van der Waals surface area contributed by atoms with Gasteiger partial charge < -0.3 is 9.84 Å². The summed E-state index contributed by atoms with van der Waals surface area (Å²) < 4.78 is 5.48. The molecule has 1 aliphatic heterocycles. The second-order valence-corrected chi connectivity index (χ2v) is 5.97. The predicted octanol–water partition coefficient (Wildman–Crippen LogP) is 3.18. The molecule has 0 amide bonds. The highest BCUT2D eigenvalue weighted by atomic mass is 32.1. The van der Waals surface area contributed by atoms with E-state index in [4.69, 9.17) is 4.74 Å². The Balaban J connectivity index is 2.25. The number of nitrogens with zero attached hydrogens (tertiary/aromatic N) is 1. The van der Waals surface area contributed by atoms with Crippen LogP contribution in [-0.4, -0.2) is 29.3 Å². The molecule has 1 aromatic rings. The lowest BCUT2D eigenvalue weighted by Gasteiger charge is -2.25. The van der Waals surface area contributed by atoms with Crippen molar-refractivity contribution in [3.05, 3.63) is 16.1 Å². The number of thiazole rings is 1. The third-order valence-electron chi connectivity index (χ3n) is 4.14. The van der Waals surface area contributed by atoms with Crippen molar-refractivity contribution in [2.75, 3.05) is 13.2 Å². The molecule has 1 atom stereocenters. The first kappa shape index (κ1) is 14.5. The van der Waals surface area contributed by atoms with Crippen molar-refractivity contribution in [3.63, 3.8) is 0 Å². The van der Waals surface area contributed by atoms with Gasteiger partial charge in [-0.2, -0.15) is 0 Å². The van der Waals surface area contributed by atoms with Crippen molar-refractivity contribution >= 4 is 17.3 Å². The second-order valence-electron chi connectivity index (χ2n) is 5.08. The largest absolute Gasteiger partial charge is 0.481 e. The summed E-state index contributed by atoms with van der Waals surface area (Å²) in [4.78, 5) is 16.2. The number of hydrogen-bond acceptors (Lipinski definition) is 4. The van der Waals surface area contributed by atoms with Gasteiger partial charge in [0.1, 0.15) is 5.41 Å². The molecule has 4 nitrogen and oxygen atoms in total. The molecule has 1 fully saturated rings. The minimum atomic E-state index is -0.829. The van der Waals surface area contributed by atoms with Crippen LogP contribution in [0.4, 0.5) is 0 Å². The number of rotatable bonds is 5. The topological polar surface area (TPSA) is 59.4 Å². The molecule has 5 heteroatoms. The van der Waals surface area contributed by atoms with E-state index in [1.165, 1.54) is 0 Å². The quantitative estimate of drug-likeness (QED) is 0.901. The Morgan fingerprint density at radius 2 is 2.32 bits per heavy atom. The van der Waals surface area contributed by atoms with Crippen molar-refractivity contribution in [3.8, 4) is 0 Å². The average molecular weight is 283 g/mol. The number of carbonyl (C=O) groups is 1. The van der Waals surface area contributed by atoms with Gasteiger partial charge in [0.25, 0.3) is 0 Å². The molecule has 0 aliphatic carbocycles.